The lowest BCUT2D eigenvalue weighted by Gasteiger charge is -2.25. The highest BCUT2D eigenvalue weighted by atomic mass is 31.2. The van der Waals surface area contributed by atoms with Crippen molar-refractivity contribution in [3.63, 3.8) is 0 Å². The maximum absolute atomic E-state index is 12.8. The first-order valence-corrected chi connectivity index (χ1v) is 24.6. The maximum atomic E-state index is 12.8. The third-order valence-electron chi connectivity index (χ3n) is 10.7. The lowest BCUT2D eigenvalue weighted by molar-refractivity contribution is -0.123. The highest BCUT2D eigenvalue weighted by Gasteiger charge is 2.27. The van der Waals surface area contributed by atoms with Gasteiger partial charge in [-0.25, -0.2) is 4.57 Å². The van der Waals surface area contributed by atoms with Crippen molar-refractivity contribution in [2.75, 3.05) is 19.8 Å². The molecule has 0 saturated carbocycles. The molecular formula is C44H91N2O6P. The second-order valence-corrected chi connectivity index (χ2v) is 17.4. The van der Waals surface area contributed by atoms with Gasteiger partial charge in [0.2, 0.25) is 5.91 Å². The van der Waals surface area contributed by atoms with E-state index in [1.807, 2.05) is 0 Å². The quantitative estimate of drug-likeness (QED) is 0.0358. The highest BCUT2D eigenvalue weighted by Crippen LogP contribution is 2.43. The van der Waals surface area contributed by atoms with Gasteiger partial charge in [-0.15, -0.1) is 0 Å². The number of hydrogen-bond donors (Lipinski definition) is 4. The molecule has 8 nitrogen and oxygen atoms in total. The SMILES string of the molecule is CCCCCCCCCCCCCCCCCCCC(=O)NC(COP(=O)(O)OCCN)C(O)CCCCCCCCCCCCCCCCCCC. The molecule has 0 rings (SSSR count). The molecule has 318 valence electrons. The summed E-state index contributed by atoms with van der Waals surface area (Å²) in [6.07, 6.45) is 43.9. The van der Waals surface area contributed by atoms with E-state index >= 15 is 0 Å². The van der Waals surface area contributed by atoms with Crippen molar-refractivity contribution >= 4 is 13.7 Å². The summed E-state index contributed by atoms with van der Waals surface area (Å²) in [4.78, 5) is 22.8. The monoisotopic (exact) mass is 775 g/mol. The highest BCUT2D eigenvalue weighted by molar-refractivity contribution is 7.47. The molecule has 0 aliphatic rings. The van der Waals surface area contributed by atoms with E-state index in [0.717, 1.165) is 38.5 Å². The molecule has 0 fully saturated rings. The van der Waals surface area contributed by atoms with Crippen molar-refractivity contribution in [2.24, 2.45) is 5.73 Å². The van der Waals surface area contributed by atoms with Gasteiger partial charge < -0.3 is 21.1 Å². The molecule has 0 aromatic carbocycles. The van der Waals surface area contributed by atoms with Gasteiger partial charge in [0, 0.05) is 13.0 Å². The second-order valence-electron chi connectivity index (χ2n) is 16.0. The van der Waals surface area contributed by atoms with Crippen LogP contribution in [0.15, 0.2) is 0 Å². The zero-order valence-electron chi connectivity index (χ0n) is 35.3. The number of nitrogens with one attached hydrogen (secondary N) is 1. The molecule has 3 unspecified atom stereocenters. The molecule has 0 radical (unpaired) electrons. The third kappa shape index (κ3) is 39.5. The number of phosphoric acid groups is 1. The summed E-state index contributed by atoms with van der Waals surface area (Å²) < 4.78 is 22.2. The van der Waals surface area contributed by atoms with E-state index in [0.29, 0.717) is 12.8 Å². The normalized spacial score (nSPS) is 14.0. The average molecular weight is 775 g/mol. The van der Waals surface area contributed by atoms with E-state index < -0.39 is 20.0 Å². The number of nitrogens with two attached hydrogens (primary N) is 1. The first-order chi connectivity index (χ1) is 25.9. The molecule has 0 aliphatic heterocycles. The van der Waals surface area contributed by atoms with Crippen LogP contribution in [0.4, 0.5) is 0 Å². The van der Waals surface area contributed by atoms with Crippen LogP contribution in [-0.4, -0.2) is 47.8 Å². The van der Waals surface area contributed by atoms with E-state index in [-0.39, 0.29) is 25.7 Å². The minimum atomic E-state index is -4.31. The molecule has 0 spiro atoms. The Hall–Kier alpha value is -0.500. The molecular weight excluding hydrogens is 683 g/mol. The number of aliphatic hydroxyl groups is 1. The number of rotatable bonds is 44. The van der Waals surface area contributed by atoms with Crippen LogP contribution < -0.4 is 11.1 Å². The number of hydrogen-bond acceptors (Lipinski definition) is 6. The number of carbonyl (C=O) groups is 1. The first-order valence-electron chi connectivity index (χ1n) is 23.2. The Morgan fingerprint density at radius 3 is 1.21 bits per heavy atom. The fourth-order valence-electron chi connectivity index (χ4n) is 7.20. The number of aliphatic hydroxyl groups excluding tert-OH is 1. The van der Waals surface area contributed by atoms with Crippen LogP contribution in [0.5, 0.6) is 0 Å². The molecule has 0 aliphatic carbocycles. The molecule has 0 aromatic rings. The van der Waals surface area contributed by atoms with Gasteiger partial charge in [-0.1, -0.05) is 226 Å². The number of unbranched alkanes of at least 4 members (excludes halogenated alkanes) is 32. The van der Waals surface area contributed by atoms with E-state index in [1.54, 1.807) is 0 Å². The molecule has 9 heteroatoms. The van der Waals surface area contributed by atoms with Crippen molar-refractivity contribution < 1.29 is 28.4 Å². The summed E-state index contributed by atoms with van der Waals surface area (Å²) in [6.45, 7) is 4.25. The summed E-state index contributed by atoms with van der Waals surface area (Å²) >= 11 is 0. The van der Waals surface area contributed by atoms with Gasteiger partial charge in [0.25, 0.3) is 0 Å². The predicted octanol–water partition coefficient (Wildman–Crippen LogP) is 13.0. The molecule has 0 saturated heterocycles. The zero-order chi connectivity index (χ0) is 38.9. The standard InChI is InChI=1S/C44H91N2O6P/c1-3-5-7-9-11-13-15-17-19-21-23-25-27-29-31-33-35-37-43(47)42(41-52-53(49,50)51-40-39-45)46-44(48)38-36-34-32-30-28-26-24-22-20-18-16-14-12-10-8-6-4-2/h42-43,47H,3-41,45H2,1-2H3,(H,46,48)(H,49,50). The lowest BCUT2D eigenvalue weighted by atomic mass is 10.0. The molecule has 0 aromatic heterocycles. The van der Waals surface area contributed by atoms with Crippen LogP contribution in [0.25, 0.3) is 0 Å². The Bertz CT molecular complexity index is 804. The van der Waals surface area contributed by atoms with E-state index in [2.05, 4.69) is 19.2 Å². The largest absolute Gasteiger partial charge is 0.472 e. The number of amides is 1. The van der Waals surface area contributed by atoms with E-state index in [9.17, 15) is 19.4 Å². The average Bonchev–Trinajstić information content (AvgIpc) is 3.14. The van der Waals surface area contributed by atoms with Crippen LogP contribution in [0, 0.1) is 0 Å². The van der Waals surface area contributed by atoms with Gasteiger partial charge in [0.05, 0.1) is 25.4 Å². The molecule has 0 bridgehead atoms. The van der Waals surface area contributed by atoms with E-state index in [1.165, 1.54) is 180 Å². The van der Waals surface area contributed by atoms with Gasteiger partial charge in [0.1, 0.15) is 0 Å². The van der Waals surface area contributed by atoms with Crippen LogP contribution in [0.2, 0.25) is 0 Å². The van der Waals surface area contributed by atoms with Crippen LogP contribution in [0.3, 0.4) is 0 Å². The topological polar surface area (TPSA) is 131 Å². The van der Waals surface area contributed by atoms with Gasteiger partial charge in [-0.3, -0.25) is 13.8 Å². The Morgan fingerprint density at radius 2 is 0.868 bits per heavy atom. The summed E-state index contributed by atoms with van der Waals surface area (Å²) in [6, 6.07) is -0.767. The number of phosphoric ester groups is 1. The van der Waals surface area contributed by atoms with Crippen LogP contribution in [-0.2, 0) is 18.4 Å². The Balaban J connectivity index is 4.08. The van der Waals surface area contributed by atoms with E-state index in [4.69, 9.17) is 14.8 Å². The fourth-order valence-corrected chi connectivity index (χ4v) is 7.96. The van der Waals surface area contributed by atoms with Gasteiger partial charge in [0.15, 0.2) is 0 Å². The van der Waals surface area contributed by atoms with Crippen molar-refractivity contribution in [1.82, 2.24) is 5.32 Å². The van der Waals surface area contributed by atoms with Gasteiger partial charge in [-0.05, 0) is 12.8 Å². The smallest absolute Gasteiger partial charge is 0.391 e. The minimum absolute atomic E-state index is 0.0926. The Labute approximate surface area is 329 Å². The van der Waals surface area contributed by atoms with Gasteiger partial charge in [-0.2, -0.15) is 0 Å². The van der Waals surface area contributed by atoms with Crippen LogP contribution in [0.1, 0.15) is 245 Å². The van der Waals surface area contributed by atoms with Crippen molar-refractivity contribution in [2.45, 2.75) is 257 Å². The Morgan fingerprint density at radius 1 is 0.547 bits per heavy atom. The molecule has 3 atom stereocenters. The Kier molecular flexibility index (Phi) is 40.8. The zero-order valence-corrected chi connectivity index (χ0v) is 36.2. The molecule has 0 heterocycles. The molecule has 53 heavy (non-hydrogen) atoms. The minimum Gasteiger partial charge on any atom is -0.391 e. The third-order valence-corrected chi connectivity index (χ3v) is 11.7. The van der Waals surface area contributed by atoms with Crippen molar-refractivity contribution in [3.05, 3.63) is 0 Å². The van der Waals surface area contributed by atoms with Gasteiger partial charge >= 0.3 is 7.82 Å². The van der Waals surface area contributed by atoms with Crippen molar-refractivity contribution in [1.29, 1.82) is 0 Å². The van der Waals surface area contributed by atoms with Crippen molar-refractivity contribution in [3.8, 4) is 0 Å². The summed E-state index contributed by atoms with van der Waals surface area (Å²) in [5.74, 6) is -0.156. The fraction of sp³-hybridized carbons (Fsp3) is 0.977. The molecule has 5 N–H and O–H groups in total. The summed E-state index contributed by atoms with van der Waals surface area (Å²) in [5, 5.41) is 13.8. The predicted molar refractivity (Wildman–Crippen MR) is 226 cm³/mol. The second kappa shape index (κ2) is 41.1. The summed E-state index contributed by atoms with van der Waals surface area (Å²) in [7, 11) is -4.31. The van der Waals surface area contributed by atoms with Crippen LogP contribution >= 0.6 is 7.82 Å². The first kappa shape index (κ1) is 52.5. The lowest BCUT2D eigenvalue weighted by Crippen LogP contribution is -2.46. The summed E-state index contributed by atoms with van der Waals surface area (Å²) in [5.41, 5.74) is 5.39. The maximum Gasteiger partial charge on any atom is 0.472 e. The molecule has 1 amide bonds. The number of carbonyl (C=O) groups excluding carboxylic acids is 1.